The van der Waals surface area contributed by atoms with Crippen LogP contribution >= 0.6 is 0 Å². The van der Waals surface area contributed by atoms with E-state index in [1.165, 1.54) is 0 Å². The number of rotatable bonds is 16. The molecule has 7 heteroatoms. The largest absolute Gasteiger partial charge is 0.463 e. The second kappa shape index (κ2) is 15.6. The quantitative estimate of drug-likeness (QED) is 0.294. The highest BCUT2D eigenvalue weighted by atomic mass is 16.6. The van der Waals surface area contributed by atoms with E-state index in [1.54, 1.807) is 0 Å². The third-order valence-corrected chi connectivity index (χ3v) is 5.19. The summed E-state index contributed by atoms with van der Waals surface area (Å²) in [5.74, 6) is -0.767. The fourth-order valence-electron chi connectivity index (χ4n) is 3.40. The number of esters is 2. The lowest BCUT2D eigenvalue weighted by atomic mass is 10.1. The Hall–Kier alpha value is -1.18. The van der Waals surface area contributed by atoms with E-state index in [0.717, 1.165) is 64.2 Å². The lowest BCUT2D eigenvalue weighted by Gasteiger charge is -2.24. The van der Waals surface area contributed by atoms with Crippen molar-refractivity contribution in [2.24, 2.45) is 0 Å². The minimum atomic E-state index is -1.15. The van der Waals surface area contributed by atoms with Crippen molar-refractivity contribution < 1.29 is 34.0 Å². The number of aliphatic hydroxyl groups excluding tert-OH is 2. The zero-order valence-corrected chi connectivity index (χ0v) is 18.1. The van der Waals surface area contributed by atoms with E-state index in [9.17, 15) is 19.8 Å². The highest BCUT2D eigenvalue weighted by Gasteiger charge is 2.43. The van der Waals surface area contributed by atoms with Gasteiger partial charge in [-0.25, -0.2) is 0 Å². The van der Waals surface area contributed by atoms with Crippen molar-refractivity contribution in [1.82, 2.24) is 0 Å². The second-order valence-corrected chi connectivity index (χ2v) is 7.90. The predicted octanol–water partition coefficient (Wildman–Crippen LogP) is 3.28. The van der Waals surface area contributed by atoms with E-state index in [-0.39, 0.29) is 25.6 Å². The first-order chi connectivity index (χ1) is 14.0. The van der Waals surface area contributed by atoms with Crippen LogP contribution in [-0.4, -0.2) is 59.8 Å². The first kappa shape index (κ1) is 25.9. The van der Waals surface area contributed by atoms with Gasteiger partial charge in [0.15, 0.2) is 6.10 Å². The molecule has 29 heavy (non-hydrogen) atoms. The van der Waals surface area contributed by atoms with Gasteiger partial charge in [-0.05, 0) is 12.8 Å². The molecule has 2 N–H and O–H groups in total. The summed E-state index contributed by atoms with van der Waals surface area (Å²) >= 11 is 0. The van der Waals surface area contributed by atoms with Gasteiger partial charge in [0, 0.05) is 12.8 Å². The summed E-state index contributed by atoms with van der Waals surface area (Å²) in [6.07, 6.45) is 6.86. The van der Waals surface area contributed by atoms with Gasteiger partial charge in [0.25, 0.3) is 0 Å². The Morgan fingerprint density at radius 3 is 2.07 bits per heavy atom. The number of carbonyl (C=O) groups excluding carboxylic acids is 2. The van der Waals surface area contributed by atoms with Crippen LogP contribution in [0.15, 0.2) is 0 Å². The molecule has 0 aromatic heterocycles. The maximum Gasteiger partial charge on any atom is 0.306 e. The van der Waals surface area contributed by atoms with Crippen LogP contribution in [0.1, 0.15) is 90.9 Å². The van der Waals surface area contributed by atoms with Crippen LogP contribution in [-0.2, 0) is 23.8 Å². The number of hydrogen-bond donors (Lipinski definition) is 2. The first-order valence-corrected chi connectivity index (χ1v) is 11.3. The van der Waals surface area contributed by atoms with E-state index < -0.39 is 30.4 Å². The molecule has 1 aliphatic heterocycles. The zero-order valence-electron chi connectivity index (χ0n) is 18.1. The third-order valence-electron chi connectivity index (χ3n) is 5.19. The maximum atomic E-state index is 12.0. The third kappa shape index (κ3) is 11.0. The molecule has 0 saturated carbocycles. The Labute approximate surface area is 175 Å². The topological polar surface area (TPSA) is 102 Å². The maximum absolute atomic E-state index is 12.0. The lowest BCUT2D eigenvalue weighted by Crippen LogP contribution is -2.44. The zero-order chi connectivity index (χ0) is 21.5. The number of ether oxygens (including phenoxy) is 3. The Morgan fingerprint density at radius 1 is 0.931 bits per heavy atom. The molecule has 0 spiro atoms. The van der Waals surface area contributed by atoms with Gasteiger partial charge in [-0.2, -0.15) is 0 Å². The van der Waals surface area contributed by atoms with Crippen LogP contribution in [0.5, 0.6) is 0 Å². The van der Waals surface area contributed by atoms with Crippen LogP contribution in [0.25, 0.3) is 0 Å². The van der Waals surface area contributed by atoms with E-state index in [1.807, 2.05) is 0 Å². The SMILES string of the molecule is CCCCCCCC(=O)OCC(O)C1OCC(O)C1OC(=O)CCCCCCC. The normalized spacial score (nSPS) is 22.4. The first-order valence-electron chi connectivity index (χ1n) is 11.3. The lowest BCUT2D eigenvalue weighted by molar-refractivity contribution is -0.164. The van der Waals surface area contributed by atoms with E-state index >= 15 is 0 Å². The van der Waals surface area contributed by atoms with E-state index in [4.69, 9.17) is 14.2 Å². The molecular formula is C22H40O7. The molecule has 0 aliphatic carbocycles. The van der Waals surface area contributed by atoms with Crippen LogP contribution in [0.4, 0.5) is 0 Å². The summed E-state index contributed by atoms with van der Waals surface area (Å²) in [6.45, 7) is 4.00. The molecular weight excluding hydrogens is 376 g/mol. The van der Waals surface area contributed by atoms with Gasteiger partial charge in [-0.15, -0.1) is 0 Å². The molecule has 0 bridgehead atoms. The average molecular weight is 417 g/mol. The highest BCUT2D eigenvalue weighted by molar-refractivity contribution is 5.70. The van der Waals surface area contributed by atoms with Gasteiger partial charge >= 0.3 is 11.9 Å². The molecule has 0 amide bonds. The van der Waals surface area contributed by atoms with Crippen molar-refractivity contribution in [2.45, 2.75) is 115 Å². The van der Waals surface area contributed by atoms with Gasteiger partial charge < -0.3 is 24.4 Å². The van der Waals surface area contributed by atoms with Crippen LogP contribution in [0.3, 0.4) is 0 Å². The molecule has 0 aromatic rings. The standard InChI is InChI=1S/C22H40O7/c1-3-5-7-9-11-13-19(25)27-15-17(23)21-22(18(24)16-28-21)29-20(26)14-12-10-8-6-4-2/h17-18,21-24H,3-16H2,1-2H3. The molecule has 0 radical (unpaired) electrons. The summed E-state index contributed by atoms with van der Waals surface area (Å²) in [4.78, 5) is 23.9. The minimum absolute atomic E-state index is 0.0262. The van der Waals surface area contributed by atoms with Crippen LogP contribution in [0.2, 0.25) is 0 Å². The summed E-state index contributed by atoms with van der Waals surface area (Å²) in [5, 5.41) is 20.4. The van der Waals surface area contributed by atoms with Gasteiger partial charge in [0.1, 0.15) is 24.9 Å². The summed E-state index contributed by atoms with van der Waals surface area (Å²) in [5.41, 5.74) is 0. The van der Waals surface area contributed by atoms with Crippen molar-refractivity contribution in [3.05, 3.63) is 0 Å². The number of carbonyl (C=O) groups is 2. The van der Waals surface area contributed by atoms with E-state index in [0.29, 0.717) is 6.42 Å². The Morgan fingerprint density at radius 2 is 1.48 bits per heavy atom. The smallest absolute Gasteiger partial charge is 0.306 e. The van der Waals surface area contributed by atoms with Gasteiger partial charge in [0.05, 0.1) is 6.61 Å². The van der Waals surface area contributed by atoms with Crippen LogP contribution in [0, 0.1) is 0 Å². The van der Waals surface area contributed by atoms with Crippen molar-refractivity contribution in [1.29, 1.82) is 0 Å². The summed E-state index contributed by atoms with van der Waals surface area (Å²) in [7, 11) is 0. The van der Waals surface area contributed by atoms with Crippen molar-refractivity contribution >= 4 is 11.9 Å². The Balaban J connectivity index is 2.30. The molecule has 1 heterocycles. The molecule has 170 valence electrons. The van der Waals surface area contributed by atoms with Crippen molar-refractivity contribution in [3.63, 3.8) is 0 Å². The molecule has 1 rings (SSSR count). The van der Waals surface area contributed by atoms with Crippen LogP contribution < -0.4 is 0 Å². The summed E-state index contributed by atoms with van der Waals surface area (Å²) < 4.78 is 15.9. The Kier molecular flexibility index (Phi) is 13.9. The number of aliphatic hydroxyl groups is 2. The molecule has 4 atom stereocenters. The fraction of sp³-hybridized carbons (Fsp3) is 0.909. The average Bonchev–Trinajstić information content (AvgIpc) is 3.06. The van der Waals surface area contributed by atoms with Crippen molar-refractivity contribution in [2.75, 3.05) is 13.2 Å². The monoisotopic (exact) mass is 416 g/mol. The second-order valence-electron chi connectivity index (χ2n) is 7.90. The molecule has 0 aromatic carbocycles. The molecule has 4 unspecified atom stereocenters. The van der Waals surface area contributed by atoms with Gasteiger partial charge in [-0.3, -0.25) is 9.59 Å². The number of unbranched alkanes of at least 4 members (excludes halogenated alkanes) is 8. The minimum Gasteiger partial charge on any atom is -0.463 e. The molecule has 1 fully saturated rings. The van der Waals surface area contributed by atoms with Gasteiger partial charge in [0.2, 0.25) is 0 Å². The van der Waals surface area contributed by atoms with Crippen molar-refractivity contribution in [3.8, 4) is 0 Å². The fourth-order valence-corrected chi connectivity index (χ4v) is 3.40. The number of hydrogen-bond acceptors (Lipinski definition) is 7. The Bertz CT molecular complexity index is 454. The molecule has 1 aliphatic rings. The predicted molar refractivity (Wildman–Crippen MR) is 109 cm³/mol. The molecule has 7 nitrogen and oxygen atoms in total. The van der Waals surface area contributed by atoms with Gasteiger partial charge in [-0.1, -0.05) is 65.2 Å². The van der Waals surface area contributed by atoms with E-state index in [2.05, 4.69) is 13.8 Å². The highest BCUT2D eigenvalue weighted by Crippen LogP contribution is 2.22. The summed E-state index contributed by atoms with van der Waals surface area (Å²) in [6, 6.07) is 0. The molecule has 1 saturated heterocycles.